The molecule has 1 heterocycles. The molecule has 3 N–H and O–H groups in total. The normalized spacial score (nSPS) is 16.4. The molecule has 1 aromatic carbocycles. The number of carbonyl (C=O) groups is 1. The first kappa shape index (κ1) is 20.6. The molecule has 0 radical (unpaired) electrons. The van der Waals surface area contributed by atoms with Gasteiger partial charge in [-0.2, -0.15) is 4.73 Å². The fourth-order valence-corrected chi connectivity index (χ4v) is 4.14. The second-order valence-corrected chi connectivity index (χ2v) is 7.82. The van der Waals surface area contributed by atoms with Crippen LogP contribution in [0.3, 0.4) is 0 Å². The zero-order valence-electron chi connectivity index (χ0n) is 15.9. The Hall–Kier alpha value is -2.18. The molecule has 1 atom stereocenters. The van der Waals surface area contributed by atoms with Gasteiger partial charge in [0, 0.05) is 24.2 Å². The summed E-state index contributed by atoms with van der Waals surface area (Å²) in [6.45, 7) is 1.58. The Morgan fingerprint density at radius 3 is 2.61 bits per heavy atom. The molecule has 0 aliphatic heterocycles. The van der Waals surface area contributed by atoms with Crippen LogP contribution in [0, 0.1) is 23.9 Å². The van der Waals surface area contributed by atoms with Crippen LogP contribution in [-0.2, 0) is 4.79 Å². The minimum absolute atomic E-state index is 0.157. The van der Waals surface area contributed by atoms with E-state index in [1.54, 1.807) is 13.0 Å². The highest BCUT2D eigenvalue weighted by Crippen LogP contribution is 2.32. The summed E-state index contributed by atoms with van der Waals surface area (Å²) in [6.07, 6.45) is 7.72. The van der Waals surface area contributed by atoms with Crippen LogP contribution in [0.1, 0.15) is 44.2 Å². The molecule has 1 aliphatic rings. The first-order chi connectivity index (χ1) is 13.4. The van der Waals surface area contributed by atoms with E-state index in [1.165, 1.54) is 37.2 Å². The Bertz CT molecular complexity index is 867. The Balaban J connectivity index is 1.77. The molecule has 0 spiro atoms. The smallest absolute Gasteiger partial charge is 0.241 e. The lowest BCUT2D eigenvalue weighted by molar-refractivity contribution is -0.611. The summed E-state index contributed by atoms with van der Waals surface area (Å²) in [5.74, 6) is -0.715. The van der Waals surface area contributed by atoms with Crippen molar-refractivity contribution in [3.63, 3.8) is 0 Å². The summed E-state index contributed by atoms with van der Waals surface area (Å²) in [4.78, 5) is 12.5. The molecule has 1 aliphatic carbocycles. The van der Waals surface area contributed by atoms with Gasteiger partial charge in [-0.25, -0.2) is 4.39 Å². The van der Waals surface area contributed by atoms with Crippen molar-refractivity contribution >= 4 is 23.2 Å². The average molecular weight is 406 g/mol. The fourth-order valence-electron chi connectivity index (χ4n) is 3.84. The van der Waals surface area contributed by atoms with Crippen molar-refractivity contribution in [3.8, 4) is 11.1 Å². The number of nitrogens with two attached hydrogens (primary N) is 1. The largest absolute Gasteiger partial charge is 0.618 e. The van der Waals surface area contributed by atoms with Gasteiger partial charge in [-0.05, 0) is 37.0 Å². The van der Waals surface area contributed by atoms with Crippen LogP contribution in [0.2, 0.25) is 5.02 Å². The monoisotopic (exact) mass is 405 g/mol. The van der Waals surface area contributed by atoms with E-state index in [0.717, 1.165) is 25.7 Å². The number of pyridine rings is 1. The maximum absolute atomic E-state index is 14.7. The molecule has 150 valence electrons. The molecule has 7 heteroatoms. The second-order valence-electron chi connectivity index (χ2n) is 7.41. The number of anilines is 1. The summed E-state index contributed by atoms with van der Waals surface area (Å²) in [5, 5.41) is 14.8. The Morgan fingerprint density at radius 2 is 1.96 bits per heavy atom. The number of aromatic nitrogens is 1. The molecule has 1 fully saturated rings. The second kappa shape index (κ2) is 8.88. The van der Waals surface area contributed by atoms with Crippen LogP contribution in [0.4, 0.5) is 10.1 Å². The average Bonchev–Trinajstić information content (AvgIpc) is 2.95. The van der Waals surface area contributed by atoms with Crippen molar-refractivity contribution in [3.05, 3.63) is 52.2 Å². The highest BCUT2D eigenvalue weighted by atomic mass is 35.5. The van der Waals surface area contributed by atoms with E-state index in [0.29, 0.717) is 21.7 Å². The van der Waals surface area contributed by atoms with Crippen LogP contribution < -0.4 is 15.8 Å². The van der Waals surface area contributed by atoms with Gasteiger partial charge in [-0.1, -0.05) is 37.3 Å². The lowest BCUT2D eigenvalue weighted by atomic mass is 9.92. The fraction of sp³-hybridized carbons (Fsp3) is 0.429. The van der Waals surface area contributed by atoms with Crippen LogP contribution in [0.25, 0.3) is 11.1 Å². The molecule has 3 rings (SSSR count). The Kier molecular flexibility index (Phi) is 6.52. The van der Waals surface area contributed by atoms with E-state index in [9.17, 15) is 14.4 Å². The maximum atomic E-state index is 14.7. The van der Waals surface area contributed by atoms with E-state index in [1.807, 2.05) is 0 Å². The summed E-state index contributed by atoms with van der Waals surface area (Å²) < 4.78 is 15.4. The minimum Gasteiger partial charge on any atom is -0.618 e. The van der Waals surface area contributed by atoms with Crippen molar-refractivity contribution in [2.24, 2.45) is 11.7 Å². The molecular weight excluding hydrogens is 381 g/mol. The van der Waals surface area contributed by atoms with Gasteiger partial charge in [0.2, 0.25) is 5.91 Å². The summed E-state index contributed by atoms with van der Waals surface area (Å²) in [5.41, 5.74) is 7.34. The SMILES string of the molecule is Cc1c(-c2ccc(NC(=O)[C@@H](N)C3CCCCCC3)cc2F)c(Cl)cc[n+]1[O-]. The number of carbonyl (C=O) groups excluding carboxylic acids is 1. The zero-order chi connectivity index (χ0) is 20.3. The van der Waals surface area contributed by atoms with Crippen molar-refractivity contribution < 1.29 is 13.9 Å². The van der Waals surface area contributed by atoms with Gasteiger partial charge >= 0.3 is 0 Å². The predicted octanol–water partition coefficient (Wildman–Crippen LogP) is 4.32. The van der Waals surface area contributed by atoms with Gasteiger partial charge in [-0.15, -0.1) is 0 Å². The molecule has 1 saturated carbocycles. The van der Waals surface area contributed by atoms with Crippen molar-refractivity contribution in [1.82, 2.24) is 0 Å². The number of rotatable bonds is 4. The molecule has 1 amide bonds. The van der Waals surface area contributed by atoms with Crippen LogP contribution in [0.5, 0.6) is 0 Å². The van der Waals surface area contributed by atoms with E-state index in [4.69, 9.17) is 17.3 Å². The predicted molar refractivity (Wildman–Crippen MR) is 108 cm³/mol. The third kappa shape index (κ3) is 4.45. The topological polar surface area (TPSA) is 82.1 Å². The number of hydrogen-bond donors (Lipinski definition) is 2. The van der Waals surface area contributed by atoms with Gasteiger partial charge in [-0.3, -0.25) is 4.79 Å². The zero-order valence-corrected chi connectivity index (χ0v) is 16.6. The molecule has 0 bridgehead atoms. The van der Waals surface area contributed by atoms with Crippen LogP contribution >= 0.6 is 11.6 Å². The maximum Gasteiger partial charge on any atom is 0.241 e. The van der Waals surface area contributed by atoms with Gasteiger partial charge in [0.15, 0.2) is 11.9 Å². The van der Waals surface area contributed by atoms with Gasteiger partial charge < -0.3 is 16.3 Å². The number of halogens is 2. The molecule has 5 nitrogen and oxygen atoms in total. The first-order valence-corrected chi connectivity index (χ1v) is 10.0. The summed E-state index contributed by atoms with van der Waals surface area (Å²) in [6, 6.07) is 5.15. The van der Waals surface area contributed by atoms with E-state index < -0.39 is 11.9 Å². The number of benzene rings is 1. The third-order valence-electron chi connectivity index (χ3n) is 5.50. The van der Waals surface area contributed by atoms with E-state index in [2.05, 4.69) is 5.32 Å². The lowest BCUT2D eigenvalue weighted by Gasteiger charge is -2.21. The van der Waals surface area contributed by atoms with Crippen molar-refractivity contribution in [2.45, 2.75) is 51.5 Å². The Morgan fingerprint density at radius 1 is 1.29 bits per heavy atom. The van der Waals surface area contributed by atoms with Gasteiger partial charge in [0.05, 0.1) is 16.6 Å². The number of nitrogens with one attached hydrogen (secondary N) is 1. The molecule has 2 aromatic rings. The quantitative estimate of drug-likeness (QED) is 0.451. The van der Waals surface area contributed by atoms with Gasteiger partial charge in [0.1, 0.15) is 5.82 Å². The van der Waals surface area contributed by atoms with Crippen molar-refractivity contribution in [1.29, 1.82) is 0 Å². The van der Waals surface area contributed by atoms with Crippen LogP contribution in [-0.4, -0.2) is 11.9 Å². The third-order valence-corrected chi connectivity index (χ3v) is 5.82. The lowest BCUT2D eigenvalue weighted by Crippen LogP contribution is -2.41. The Labute approximate surface area is 169 Å². The molecule has 0 unspecified atom stereocenters. The highest BCUT2D eigenvalue weighted by Gasteiger charge is 2.26. The summed E-state index contributed by atoms with van der Waals surface area (Å²) >= 11 is 6.17. The first-order valence-electron chi connectivity index (χ1n) is 9.63. The standard InChI is InChI=1S/C21H25ClFN3O2/c1-13-19(17(22)10-11-26(13)28)16-9-8-15(12-18(16)23)25-21(27)20(24)14-6-4-2-3-5-7-14/h8-12,14,20H,2-7,24H2,1H3,(H,25,27)/t20-/m0/s1. The molecular formula is C21H25ClFN3O2. The number of hydrogen-bond acceptors (Lipinski definition) is 3. The minimum atomic E-state index is -0.605. The van der Waals surface area contributed by atoms with E-state index in [-0.39, 0.29) is 22.4 Å². The van der Waals surface area contributed by atoms with Crippen LogP contribution in [0.15, 0.2) is 30.5 Å². The van der Waals surface area contributed by atoms with Gasteiger partial charge in [0.25, 0.3) is 0 Å². The summed E-state index contributed by atoms with van der Waals surface area (Å²) in [7, 11) is 0. The number of nitrogens with zero attached hydrogens (tertiary/aromatic N) is 1. The number of amides is 1. The molecule has 1 aromatic heterocycles. The molecule has 28 heavy (non-hydrogen) atoms. The molecule has 0 saturated heterocycles. The van der Waals surface area contributed by atoms with E-state index >= 15 is 0 Å². The van der Waals surface area contributed by atoms with Crippen molar-refractivity contribution in [2.75, 3.05) is 5.32 Å². The highest BCUT2D eigenvalue weighted by molar-refractivity contribution is 6.33.